The minimum absolute atomic E-state index is 0.0718. The number of rotatable bonds is 1. The van der Waals surface area contributed by atoms with Crippen LogP contribution in [-0.2, 0) is 0 Å². The van der Waals surface area contributed by atoms with Crippen molar-refractivity contribution in [2.75, 3.05) is 0 Å². The first-order valence-corrected chi connectivity index (χ1v) is 2.62. The van der Waals surface area contributed by atoms with Gasteiger partial charge in [-0.15, -0.1) is 0 Å². The van der Waals surface area contributed by atoms with Crippen LogP contribution < -0.4 is 0 Å². The van der Waals surface area contributed by atoms with Crippen LogP contribution in [0.15, 0.2) is 17.5 Å². The zero-order valence-corrected chi connectivity index (χ0v) is 5.26. The average molecular weight is 156 g/mol. The number of hydrogen-bond donors (Lipinski definition) is 2. The van der Waals surface area contributed by atoms with Gasteiger partial charge in [0, 0.05) is 12.4 Å². The molecule has 0 bridgehead atoms. The highest BCUT2D eigenvalue weighted by molar-refractivity contribution is 5.87. The molecule has 0 atom stereocenters. The fourth-order valence-corrected chi connectivity index (χ4v) is 0.558. The first-order chi connectivity index (χ1) is 5.25. The van der Waals surface area contributed by atoms with Crippen LogP contribution in [0.3, 0.4) is 0 Å². The fraction of sp³-hybridized carbons (Fsp3) is 0. The van der Waals surface area contributed by atoms with E-state index >= 15 is 0 Å². The van der Waals surface area contributed by atoms with Gasteiger partial charge < -0.3 is 20.3 Å². The summed E-state index contributed by atoms with van der Waals surface area (Å²) in [6.07, 6.45) is 2.72. The van der Waals surface area contributed by atoms with E-state index in [-0.39, 0.29) is 5.82 Å². The van der Waals surface area contributed by atoms with Crippen LogP contribution >= 0.6 is 0 Å². The van der Waals surface area contributed by atoms with Crippen molar-refractivity contribution < 1.29 is 10.1 Å². The number of aromatic amines is 1. The van der Waals surface area contributed by atoms with Crippen molar-refractivity contribution in [3.63, 3.8) is 0 Å². The zero-order chi connectivity index (χ0) is 8.27. The second-order valence-corrected chi connectivity index (χ2v) is 1.62. The highest BCUT2D eigenvalue weighted by atomic mass is 16.6. The first-order valence-electron chi connectivity index (χ1n) is 2.62. The molecule has 2 N–H and O–H groups in total. The van der Waals surface area contributed by atoms with Crippen LogP contribution in [-0.4, -0.2) is 25.9 Å². The second-order valence-electron chi connectivity index (χ2n) is 1.62. The lowest BCUT2D eigenvalue weighted by atomic mass is 10.6. The molecule has 0 fully saturated rings. The van der Waals surface area contributed by atoms with Gasteiger partial charge >= 0.3 is 5.84 Å². The summed E-state index contributed by atoms with van der Waals surface area (Å²) in [5.41, 5.74) is 0. The lowest BCUT2D eigenvalue weighted by molar-refractivity contribution is -0.351. The van der Waals surface area contributed by atoms with Gasteiger partial charge in [0.2, 0.25) is 5.82 Å². The molecule has 0 aliphatic carbocycles. The lowest BCUT2D eigenvalue weighted by Gasteiger charge is -1.89. The summed E-state index contributed by atoms with van der Waals surface area (Å²) in [5.74, 6) is -0.771. The van der Waals surface area contributed by atoms with E-state index in [0.717, 1.165) is 0 Å². The Kier molecular flexibility index (Phi) is 1.81. The van der Waals surface area contributed by atoms with Crippen molar-refractivity contribution in [1.29, 1.82) is 0 Å². The summed E-state index contributed by atoms with van der Waals surface area (Å²) in [6.45, 7) is 0. The van der Waals surface area contributed by atoms with E-state index in [9.17, 15) is 10.1 Å². The Hall–Kier alpha value is -1.92. The Morgan fingerprint density at radius 3 is 3.00 bits per heavy atom. The highest BCUT2D eigenvalue weighted by Crippen LogP contribution is 1.92. The SMILES string of the molecule is O=[N+]([O-])/C(=N/O)c1ncc[nH]1. The molecule has 0 spiro atoms. The minimum atomic E-state index is -0.834. The number of hydrogen-bond acceptors (Lipinski definition) is 5. The monoisotopic (exact) mass is 156 g/mol. The van der Waals surface area contributed by atoms with Gasteiger partial charge in [-0.3, -0.25) is 0 Å². The third kappa shape index (κ3) is 1.31. The Morgan fingerprint density at radius 2 is 2.64 bits per heavy atom. The largest absolute Gasteiger partial charge is 0.452 e. The van der Waals surface area contributed by atoms with E-state index in [2.05, 4.69) is 15.1 Å². The maximum atomic E-state index is 10.1. The number of nitro groups is 1. The van der Waals surface area contributed by atoms with Gasteiger partial charge in [0.15, 0.2) is 5.16 Å². The quantitative estimate of drug-likeness (QED) is 0.193. The Morgan fingerprint density at radius 1 is 1.91 bits per heavy atom. The zero-order valence-electron chi connectivity index (χ0n) is 5.26. The molecular weight excluding hydrogens is 152 g/mol. The summed E-state index contributed by atoms with van der Waals surface area (Å²) in [5, 5.41) is 20.7. The number of H-pyrrole nitrogens is 1. The van der Waals surface area contributed by atoms with E-state index in [1.165, 1.54) is 12.4 Å². The number of amidine groups is 1. The third-order valence-corrected chi connectivity index (χ3v) is 0.978. The van der Waals surface area contributed by atoms with Crippen molar-refractivity contribution in [3.8, 4) is 0 Å². The summed E-state index contributed by atoms with van der Waals surface area (Å²) in [4.78, 5) is 15.2. The smallest absolute Gasteiger partial charge is 0.358 e. The molecule has 1 aromatic heterocycles. The molecule has 7 nitrogen and oxygen atoms in total. The Labute approximate surface area is 60.5 Å². The third-order valence-electron chi connectivity index (χ3n) is 0.978. The van der Waals surface area contributed by atoms with Gasteiger partial charge in [0.25, 0.3) is 0 Å². The Bertz CT molecular complexity index is 278. The van der Waals surface area contributed by atoms with Crippen LogP contribution in [0, 0.1) is 10.1 Å². The van der Waals surface area contributed by atoms with Crippen LogP contribution in [0.2, 0.25) is 0 Å². The van der Waals surface area contributed by atoms with E-state index in [0.29, 0.717) is 0 Å². The standard InChI is InChI=1S/C4H4N4O3/c9-7-4(8(10)11)3-5-1-2-6-3/h1-2,9H,(H,5,6)/b7-4+. The number of aromatic nitrogens is 2. The molecule has 7 heteroatoms. The molecule has 1 heterocycles. The summed E-state index contributed by atoms with van der Waals surface area (Å²) >= 11 is 0. The van der Waals surface area contributed by atoms with Crippen LogP contribution in [0.5, 0.6) is 0 Å². The maximum absolute atomic E-state index is 10.1. The number of imidazole rings is 1. The van der Waals surface area contributed by atoms with E-state index < -0.39 is 10.8 Å². The van der Waals surface area contributed by atoms with Gasteiger partial charge in [0.05, 0.1) is 0 Å². The molecule has 0 amide bonds. The normalized spacial score (nSPS) is 11.5. The predicted molar refractivity (Wildman–Crippen MR) is 33.9 cm³/mol. The summed E-state index contributed by atoms with van der Waals surface area (Å²) in [7, 11) is 0. The van der Waals surface area contributed by atoms with Crippen molar-refractivity contribution in [2.24, 2.45) is 5.16 Å². The van der Waals surface area contributed by atoms with Crippen molar-refractivity contribution >= 4 is 5.84 Å². The van der Waals surface area contributed by atoms with Crippen molar-refractivity contribution in [2.45, 2.75) is 0 Å². The summed E-state index contributed by atoms with van der Waals surface area (Å²) < 4.78 is 0. The van der Waals surface area contributed by atoms with Crippen LogP contribution in [0.1, 0.15) is 5.82 Å². The second kappa shape index (κ2) is 2.78. The topological polar surface area (TPSA) is 104 Å². The van der Waals surface area contributed by atoms with Crippen molar-refractivity contribution in [3.05, 3.63) is 28.3 Å². The first kappa shape index (κ1) is 7.19. The molecule has 11 heavy (non-hydrogen) atoms. The average Bonchev–Trinajstić information content (AvgIpc) is 2.40. The van der Waals surface area contributed by atoms with Gasteiger partial charge in [-0.05, 0) is 4.92 Å². The van der Waals surface area contributed by atoms with Crippen LogP contribution in [0.25, 0.3) is 0 Å². The molecule has 0 unspecified atom stereocenters. The van der Waals surface area contributed by atoms with E-state index in [1.807, 2.05) is 0 Å². The maximum Gasteiger partial charge on any atom is 0.452 e. The molecule has 0 saturated heterocycles. The molecule has 1 rings (SSSR count). The molecule has 58 valence electrons. The van der Waals surface area contributed by atoms with E-state index in [1.54, 1.807) is 0 Å². The highest BCUT2D eigenvalue weighted by Gasteiger charge is 2.18. The van der Waals surface area contributed by atoms with Crippen molar-refractivity contribution in [1.82, 2.24) is 9.97 Å². The fourth-order valence-electron chi connectivity index (χ4n) is 0.558. The summed E-state index contributed by atoms with van der Waals surface area (Å²) in [6, 6.07) is 0. The number of oxime groups is 1. The molecule has 0 aliphatic rings. The van der Waals surface area contributed by atoms with Crippen LogP contribution in [0.4, 0.5) is 0 Å². The molecule has 0 saturated carbocycles. The van der Waals surface area contributed by atoms with Gasteiger partial charge in [-0.1, -0.05) is 0 Å². The molecule has 0 aromatic carbocycles. The molecule has 0 radical (unpaired) electrons. The van der Waals surface area contributed by atoms with Gasteiger partial charge in [0.1, 0.15) is 0 Å². The molecule has 1 aromatic rings. The number of nitrogens with zero attached hydrogens (tertiary/aromatic N) is 3. The van der Waals surface area contributed by atoms with E-state index in [4.69, 9.17) is 5.21 Å². The van der Waals surface area contributed by atoms with Gasteiger partial charge in [-0.25, -0.2) is 4.98 Å². The molecule has 0 aliphatic heterocycles. The molecular formula is C4H4N4O3. The Balaban J connectivity index is 2.99. The predicted octanol–water partition coefficient (Wildman–Crippen LogP) is -0.178. The lowest BCUT2D eigenvalue weighted by Crippen LogP contribution is -2.14. The number of nitrogens with one attached hydrogen (secondary N) is 1. The van der Waals surface area contributed by atoms with Gasteiger partial charge in [-0.2, -0.15) is 0 Å². The minimum Gasteiger partial charge on any atom is -0.358 e.